The van der Waals surface area contributed by atoms with E-state index in [9.17, 15) is 64.8 Å². The molecule has 4 aromatic heterocycles. The maximum absolute atomic E-state index is 13.8. The Bertz CT molecular complexity index is 3270. The van der Waals surface area contributed by atoms with E-state index in [4.69, 9.17) is 19.9 Å². The number of carbonyl (C=O) groups is 5. The van der Waals surface area contributed by atoms with Crippen LogP contribution in [0.4, 0.5) is 37.9 Å². The molecule has 8 heterocycles. The number of fused-ring (bicyclic) bond motifs is 2. The van der Waals surface area contributed by atoms with E-state index in [0.29, 0.717) is 76.0 Å². The van der Waals surface area contributed by atoms with Crippen molar-refractivity contribution >= 4 is 75.8 Å². The Balaban J connectivity index is 0.747. The molecule has 0 bridgehead atoms. The summed E-state index contributed by atoms with van der Waals surface area (Å²) >= 11 is 0. The van der Waals surface area contributed by atoms with Gasteiger partial charge >= 0.3 is 18.1 Å². The molecule has 8 amide bonds. The molecule has 12 rings (SSSR count). The molecule has 6 aromatic rings. The zero-order chi connectivity index (χ0) is 60.1. The number of aliphatic hydroxyl groups excluding tert-OH is 8. The Labute approximate surface area is 490 Å². The summed E-state index contributed by atoms with van der Waals surface area (Å²) in [6.45, 7) is -0.164. The quantitative estimate of drug-likeness (QED) is 0.0268. The van der Waals surface area contributed by atoms with Crippen molar-refractivity contribution in [1.29, 1.82) is 0 Å². The van der Waals surface area contributed by atoms with Gasteiger partial charge in [-0.1, -0.05) is 60.7 Å². The van der Waals surface area contributed by atoms with E-state index in [1.807, 2.05) is 70.5 Å². The minimum absolute atomic E-state index is 0.0729. The van der Waals surface area contributed by atoms with Crippen LogP contribution in [-0.2, 0) is 22.4 Å². The van der Waals surface area contributed by atoms with Crippen molar-refractivity contribution in [3.05, 3.63) is 84.4 Å². The number of nitrogens with one attached hydrogen (secondary N) is 4. The number of imidazole rings is 2. The van der Waals surface area contributed by atoms with E-state index in [2.05, 4.69) is 31.2 Å². The van der Waals surface area contributed by atoms with Gasteiger partial charge in [-0.15, -0.1) is 0 Å². The van der Waals surface area contributed by atoms with Crippen LogP contribution in [0, 0.1) is 0 Å². The number of hydrogen-bond acceptors (Lipinski definition) is 23. The number of aromatic nitrogens is 8. The molecule has 86 heavy (non-hydrogen) atoms. The van der Waals surface area contributed by atoms with Gasteiger partial charge in [-0.2, -0.15) is 19.9 Å². The van der Waals surface area contributed by atoms with Gasteiger partial charge < -0.3 is 90.9 Å². The summed E-state index contributed by atoms with van der Waals surface area (Å²) in [6.07, 6.45) is -1.27. The number of urea groups is 3. The van der Waals surface area contributed by atoms with E-state index >= 15 is 0 Å². The van der Waals surface area contributed by atoms with Crippen LogP contribution in [0.15, 0.2) is 73.3 Å². The van der Waals surface area contributed by atoms with Gasteiger partial charge in [-0.25, -0.2) is 24.4 Å². The normalized spacial score (nSPS) is 27.5. The Morgan fingerprint density at radius 2 is 0.953 bits per heavy atom. The average molecular weight is 1190 g/mol. The third-order valence-electron chi connectivity index (χ3n) is 17.5. The smallest absolute Gasteiger partial charge is 0.325 e. The van der Waals surface area contributed by atoms with E-state index in [0.717, 1.165) is 20.9 Å². The van der Waals surface area contributed by atoms with E-state index in [1.165, 1.54) is 12.7 Å². The second-order valence-electron chi connectivity index (χ2n) is 22.6. The highest BCUT2D eigenvalue weighted by Crippen LogP contribution is 2.41. The van der Waals surface area contributed by atoms with Crippen molar-refractivity contribution in [1.82, 2.24) is 70.1 Å². The van der Waals surface area contributed by atoms with Crippen LogP contribution in [0.25, 0.3) is 22.3 Å². The lowest BCUT2D eigenvalue weighted by Crippen LogP contribution is -2.48. The predicted molar refractivity (Wildman–Crippen MR) is 304 cm³/mol. The highest BCUT2D eigenvalue weighted by atomic mass is 16.3. The number of aliphatic hydroxyl groups is 8. The lowest BCUT2D eigenvalue weighted by molar-refractivity contribution is -0.132. The molecule has 12 atom stereocenters. The Morgan fingerprint density at radius 3 is 1.33 bits per heavy atom. The number of carbonyl (C=O) groups excluding carboxylic acids is 5. The van der Waals surface area contributed by atoms with Crippen LogP contribution in [0.1, 0.15) is 48.9 Å². The monoisotopic (exact) mass is 1190 g/mol. The highest BCUT2D eigenvalue weighted by Gasteiger charge is 2.54. The van der Waals surface area contributed by atoms with E-state index in [-0.39, 0.29) is 59.8 Å². The second kappa shape index (κ2) is 24.1. The Kier molecular flexibility index (Phi) is 16.3. The van der Waals surface area contributed by atoms with Gasteiger partial charge in [0, 0.05) is 51.4 Å². The maximum Gasteiger partial charge on any atom is 0.325 e. The molecule has 2 saturated carbocycles. The molecule has 456 valence electrons. The van der Waals surface area contributed by atoms with Crippen molar-refractivity contribution in [2.75, 3.05) is 85.5 Å². The third-order valence-corrected chi connectivity index (χ3v) is 17.5. The minimum Gasteiger partial charge on any atom is -0.394 e. The SMILES string of the molecule is O=C(N[C@@H]1CCN(c2nc(N(CO)CCc3ccccc3)c3c(ncn3[C@@H]3C[C@H](N4C(=O)N[C@@H](CO)C4=O)[C@@H](O)[C@H]3O)n2)C1)N[C@@H]1CCN(c2nc(N(CO)CCc3ccccc3)c3c(ncn3[C@@H]3C[C@H](N4C(=O)N[C@@H](CO)C4=O)[C@@H](O)[C@H]3O)n2)C1. The number of benzene rings is 2. The first kappa shape index (κ1) is 58.0. The Hall–Kier alpha value is -8.43. The molecule has 4 saturated heterocycles. The molecule has 12 N–H and O–H groups in total. The summed E-state index contributed by atoms with van der Waals surface area (Å²) in [5.41, 5.74) is 3.06. The van der Waals surface area contributed by atoms with Crippen molar-refractivity contribution in [3.8, 4) is 0 Å². The number of rotatable bonds is 20. The lowest BCUT2D eigenvalue weighted by Gasteiger charge is -2.26. The first-order chi connectivity index (χ1) is 41.7. The Morgan fingerprint density at radius 1 is 0.558 bits per heavy atom. The molecule has 6 aliphatic rings. The third kappa shape index (κ3) is 10.8. The van der Waals surface area contributed by atoms with Crippen LogP contribution in [0.3, 0.4) is 0 Å². The van der Waals surface area contributed by atoms with Gasteiger partial charge in [-0.05, 0) is 49.7 Å². The summed E-state index contributed by atoms with van der Waals surface area (Å²) < 4.78 is 3.19. The molecule has 0 spiro atoms. The molecule has 2 aromatic carbocycles. The minimum atomic E-state index is -1.55. The van der Waals surface area contributed by atoms with Crippen molar-refractivity contribution in [2.24, 2.45) is 0 Å². The molecule has 0 radical (unpaired) electrons. The standard InChI is InChI=1S/C55H68N18O13/c74-23-33-49(82)72(54(85)60-33)37-19-35(41(78)43(37)80)70-25-56-45-39(70)47(68(27-76)15-11-29-7-3-1-4-8-29)64-51(62-45)66-17-13-31(21-66)58-53(84)59-32-14-18-67(22-32)52-63-46-40(48(65-52)69(28-77)16-12-30-9-5-2-6-10-30)71(26-57-46)36-20-38(44(81)42(36)79)73-50(83)34(24-75)61-55(73)86/h1-10,25-26,31-38,41-44,74-81H,11-24,27-28H2,(H,60,85)(H,61,86)(H2,58,59,84)/t31-,32-,33+,34+,35-,36-,37+,38+,41+,42+,43-,44-/m1/s1. The molecule has 4 aliphatic heterocycles. The average Bonchev–Trinajstić information content (AvgIpc) is 1.84. The number of amides is 8. The number of nitrogens with zero attached hydrogens (tertiary/aromatic N) is 14. The number of imide groups is 2. The van der Waals surface area contributed by atoms with Crippen LogP contribution in [0.2, 0.25) is 0 Å². The van der Waals surface area contributed by atoms with E-state index < -0.39 is 117 Å². The largest absolute Gasteiger partial charge is 0.394 e. The molecule has 31 nitrogen and oxygen atoms in total. The first-order valence-electron chi connectivity index (χ1n) is 28.7. The van der Waals surface area contributed by atoms with Gasteiger partial charge in [0.1, 0.15) is 61.0 Å². The molecular weight excluding hydrogens is 1120 g/mol. The van der Waals surface area contributed by atoms with Gasteiger partial charge in [0.05, 0.1) is 50.0 Å². The van der Waals surface area contributed by atoms with Gasteiger partial charge in [-0.3, -0.25) is 19.4 Å². The summed E-state index contributed by atoms with van der Waals surface area (Å²) in [6, 6.07) is 10.1. The number of hydrogen-bond donors (Lipinski definition) is 12. The summed E-state index contributed by atoms with van der Waals surface area (Å²) in [7, 11) is 0. The lowest BCUT2D eigenvalue weighted by atomic mass is 10.1. The fourth-order valence-corrected chi connectivity index (χ4v) is 12.9. The highest BCUT2D eigenvalue weighted by molar-refractivity contribution is 6.05. The molecule has 2 aliphatic carbocycles. The molecule has 31 heteroatoms. The zero-order valence-electron chi connectivity index (χ0n) is 46.6. The van der Waals surface area contributed by atoms with Crippen molar-refractivity contribution in [3.63, 3.8) is 0 Å². The van der Waals surface area contributed by atoms with Crippen molar-refractivity contribution < 1.29 is 64.8 Å². The summed E-state index contributed by atoms with van der Waals surface area (Å²) in [5.74, 6) is -0.385. The topological polar surface area (TPSA) is 402 Å². The maximum atomic E-state index is 13.8. The summed E-state index contributed by atoms with van der Waals surface area (Å²) in [5, 5.41) is 98.0. The fraction of sp³-hybridized carbons (Fsp3) is 0.509. The molecule has 0 unspecified atom stereocenters. The van der Waals surface area contributed by atoms with Crippen LogP contribution >= 0.6 is 0 Å². The van der Waals surface area contributed by atoms with Crippen LogP contribution in [0.5, 0.6) is 0 Å². The second-order valence-corrected chi connectivity index (χ2v) is 22.6. The van der Waals surface area contributed by atoms with Gasteiger partial charge in [0.15, 0.2) is 22.9 Å². The van der Waals surface area contributed by atoms with Crippen LogP contribution in [-0.4, -0.2) is 246 Å². The van der Waals surface area contributed by atoms with Gasteiger partial charge in [0.2, 0.25) is 11.9 Å². The van der Waals surface area contributed by atoms with Gasteiger partial charge in [0.25, 0.3) is 11.8 Å². The molecular formula is C55H68N18O13. The summed E-state index contributed by atoms with van der Waals surface area (Å²) in [4.78, 5) is 104. The van der Waals surface area contributed by atoms with Crippen molar-refractivity contribution in [2.45, 2.75) is 111 Å². The number of anilines is 4. The van der Waals surface area contributed by atoms with Crippen LogP contribution < -0.4 is 40.9 Å². The first-order valence-corrected chi connectivity index (χ1v) is 28.7. The fourth-order valence-electron chi connectivity index (χ4n) is 12.9. The van der Waals surface area contributed by atoms with E-state index in [1.54, 1.807) is 18.9 Å². The molecule has 6 fully saturated rings. The predicted octanol–water partition coefficient (Wildman–Crippen LogP) is -2.98. The zero-order valence-corrected chi connectivity index (χ0v) is 46.6.